The first-order valence-electron chi connectivity index (χ1n) is 9.54. The van der Waals surface area contributed by atoms with Crippen molar-refractivity contribution in [3.05, 3.63) is 89.5 Å². The molecule has 6 nitrogen and oxygen atoms in total. The van der Waals surface area contributed by atoms with E-state index in [0.717, 1.165) is 5.56 Å². The molecule has 0 spiro atoms. The zero-order chi connectivity index (χ0) is 21.5. The Kier molecular flexibility index (Phi) is 6.60. The highest BCUT2D eigenvalue weighted by atomic mass is 16.2. The van der Waals surface area contributed by atoms with Gasteiger partial charge in [0, 0.05) is 28.2 Å². The van der Waals surface area contributed by atoms with Crippen molar-refractivity contribution >= 4 is 34.7 Å². The van der Waals surface area contributed by atoms with E-state index in [2.05, 4.69) is 16.0 Å². The summed E-state index contributed by atoms with van der Waals surface area (Å²) < 4.78 is 0. The maximum atomic E-state index is 12.5. The Morgan fingerprint density at radius 1 is 0.767 bits per heavy atom. The SMILES string of the molecule is CC(=O)c1cccc(NC(=O)CNc2cc(C(=O)Nc3ccccc3)ccc2C)c1. The lowest BCUT2D eigenvalue weighted by molar-refractivity contribution is -0.114. The fourth-order valence-electron chi connectivity index (χ4n) is 2.88. The minimum atomic E-state index is -0.255. The van der Waals surface area contributed by atoms with Crippen LogP contribution >= 0.6 is 0 Å². The summed E-state index contributed by atoms with van der Waals surface area (Å²) in [6, 6.07) is 21.3. The third-order valence-corrected chi connectivity index (χ3v) is 4.52. The fraction of sp³-hybridized carbons (Fsp3) is 0.125. The number of nitrogens with one attached hydrogen (secondary N) is 3. The quantitative estimate of drug-likeness (QED) is 0.509. The molecule has 6 heteroatoms. The molecule has 0 radical (unpaired) electrons. The van der Waals surface area contributed by atoms with Gasteiger partial charge in [0.25, 0.3) is 5.91 Å². The second kappa shape index (κ2) is 9.52. The predicted molar refractivity (Wildman–Crippen MR) is 119 cm³/mol. The Morgan fingerprint density at radius 3 is 2.23 bits per heavy atom. The highest BCUT2D eigenvalue weighted by molar-refractivity contribution is 6.05. The monoisotopic (exact) mass is 401 g/mol. The van der Waals surface area contributed by atoms with Crippen LogP contribution in [0.15, 0.2) is 72.8 Å². The summed E-state index contributed by atoms with van der Waals surface area (Å²) in [5.41, 5.74) is 3.91. The topological polar surface area (TPSA) is 87.3 Å². The molecule has 0 atom stereocenters. The van der Waals surface area contributed by atoms with Crippen LogP contribution in [0.5, 0.6) is 0 Å². The molecule has 0 unspecified atom stereocenters. The van der Waals surface area contributed by atoms with Crippen LogP contribution in [0.25, 0.3) is 0 Å². The number of carbonyl (C=O) groups excluding carboxylic acids is 3. The van der Waals surface area contributed by atoms with Crippen molar-refractivity contribution in [1.29, 1.82) is 0 Å². The van der Waals surface area contributed by atoms with Crippen molar-refractivity contribution in [1.82, 2.24) is 0 Å². The van der Waals surface area contributed by atoms with Gasteiger partial charge in [0.05, 0.1) is 6.54 Å². The summed E-state index contributed by atoms with van der Waals surface area (Å²) >= 11 is 0. The number of benzene rings is 3. The van der Waals surface area contributed by atoms with Gasteiger partial charge in [0.1, 0.15) is 0 Å². The number of carbonyl (C=O) groups is 3. The van der Waals surface area contributed by atoms with E-state index < -0.39 is 0 Å². The lowest BCUT2D eigenvalue weighted by Gasteiger charge is -2.12. The molecule has 152 valence electrons. The van der Waals surface area contributed by atoms with Crippen LogP contribution in [-0.4, -0.2) is 24.1 Å². The van der Waals surface area contributed by atoms with Gasteiger partial charge in [-0.1, -0.05) is 36.4 Å². The molecular weight excluding hydrogens is 378 g/mol. The molecule has 3 aromatic carbocycles. The average Bonchev–Trinajstić information content (AvgIpc) is 2.74. The lowest BCUT2D eigenvalue weighted by atomic mass is 10.1. The lowest BCUT2D eigenvalue weighted by Crippen LogP contribution is -2.22. The summed E-state index contributed by atoms with van der Waals surface area (Å²) in [7, 11) is 0. The van der Waals surface area contributed by atoms with Crippen LogP contribution < -0.4 is 16.0 Å². The number of para-hydroxylation sites is 1. The van der Waals surface area contributed by atoms with Gasteiger partial charge in [-0.15, -0.1) is 0 Å². The molecule has 0 aliphatic heterocycles. The molecule has 0 saturated carbocycles. The molecule has 2 amide bonds. The van der Waals surface area contributed by atoms with Crippen molar-refractivity contribution in [3.8, 4) is 0 Å². The van der Waals surface area contributed by atoms with Gasteiger partial charge in [-0.05, 0) is 55.8 Å². The van der Waals surface area contributed by atoms with Gasteiger partial charge >= 0.3 is 0 Å². The molecule has 0 bridgehead atoms. The van der Waals surface area contributed by atoms with E-state index in [9.17, 15) is 14.4 Å². The van der Waals surface area contributed by atoms with E-state index in [1.165, 1.54) is 6.92 Å². The number of ketones is 1. The average molecular weight is 401 g/mol. The Bertz CT molecular complexity index is 1080. The van der Waals surface area contributed by atoms with Gasteiger partial charge in [0.15, 0.2) is 5.78 Å². The maximum Gasteiger partial charge on any atom is 0.255 e. The molecule has 3 aromatic rings. The zero-order valence-electron chi connectivity index (χ0n) is 16.9. The molecule has 0 heterocycles. The number of amides is 2. The number of Topliss-reactive ketones (excluding diaryl/α,β-unsaturated/α-hetero) is 1. The standard InChI is InChI=1S/C24H23N3O3/c1-16-11-12-19(24(30)27-20-8-4-3-5-9-20)14-22(16)25-15-23(29)26-21-10-6-7-18(13-21)17(2)28/h3-14,25H,15H2,1-2H3,(H,26,29)(H,27,30). The Labute approximate surface area is 175 Å². The van der Waals surface area contributed by atoms with E-state index in [1.54, 1.807) is 36.4 Å². The number of hydrogen-bond donors (Lipinski definition) is 3. The summed E-state index contributed by atoms with van der Waals surface area (Å²) in [5.74, 6) is -0.547. The zero-order valence-corrected chi connectivity index (χ0v) is 16.9. The Balaban J connectivity index is 1.63. The molecule has 0 aliphatic carbocycles. The van der Waals surface area contributed by atoms with Crippen LogP contribution in [0.2, 0.25) is 0 Å². The fourth-order valence-corrected chi connectivity index (χ4v) is 2.88. The highest BCUT2D eigenvalue weighted by Crippen LogP contribution is 2.18. The van der Waals surface area contributed by atoms with Gasteiger partial charge in [-0.25, -0.2) is 0 Å². The Morgan fingerprint density at radius 2 is 1.50 bits per heavy atom. The minimum absolute atomic E-state index is 0.0227. The van der Waals surface area contributed by atoms with Crippen molar-refractivity contribution < 1.29 is 14.4 Å². The van der Waals surface area contributed by atoms with E-state index in [0.29, 0.717) is 28.2 Å². The van der Waals surface area contributed by atoms with E-state index in [1.807, 2.05) is 43.3 Å². The van der Waals surface area contributed by atoms with Crippen LogP contribution in [-0.2, 0) is 4.79 Å². The largest absolute Gasteiger partial charge is 0.376 e. The minimum Gasteiger partial charge on any atom is -0.376 e. The van der Waals surface area contributed by atoms with E-state index in [4.69, 9.17) is 0 Å². The molecule has 0 aliphatic rings. The first-order chi connectivity index (χ1) is 14.4. The summed E-state index contributed by atoms with van der Waals surface area (Å²) in [6.45, 7) is 3.40. The Hall–Kier alpha value is -3.93. The van der Waals surface area contributed by atoms with Crippen LogP contribution in [0.1, 0.15) is 33.2 Å². The van der Waals surface area contributed by atoms with Gasteiger partial charge < -0.3 is 16.0 Å². The van der Waals surface area contributed by atoms with Crippen molar-refractivity contribution in [2.45, 2.75) is 13.8 Å². The smallest absolute Gasteiger partial charge is 0.255 e. The second-order valence-corrected chi connectivity index (χ2v) is 6.89. The molecule has 0 fully saturated rings. The predicted octanol–water partition coefficient (Wildman–Crippen LogP) is 4.50. The van der Waals surface area contributed by atoms with E-state index in [-0.39, 0.29) is 24.1 Å². The first-order valence-corrected chi connectivity index (χ1v) is 9.54. The first kappa shape index (κ1) is 20.8. The number of hydrogen-bond acceptors (Lipinski definition) is 4. The summed E-state index contributed by atoms with van der Waals surface area (Å²) in [5, 5.41) is 8.68. The van der Waals surface area contributed by atoms with Crippen molar-refractivity contribution in [2.75, 3.05) is 22.5 Å². The number of anilines is 3. The molecular formula is C24H23N3O3. The van der Waals surface area contributed by atoms with Crippen LogP contribution in [0.4, 0.5) is 17.1 Å². The number of rotatable bonds is 7. The van der Waals surface area contributed by atoms with E-state index >= 15 is 0 Å². The van der Waals surface area contributed by atoms with Crippen LogP contribution in [0, 0.1) is 6.92 Å². The number of aryl methyl sites for hydroxylation is 1. The van der Waals surface area contributed by atoms with Crippen molar-refractivity contribution in [2.24, 2.45) is 0 Å². The third kappa shape index (κ3) is 5.54. The molecule has 0 aromatic heterocycles. The summed E-state index contributed by atoms with van der Waals surface area (Å²) in [4.78, 5) is 36.3. The molecule has 0 saturated heterocycles. The van der Waals surface area contributed by atoms with Gasteiger partial charge in [-0.3, -0.25) is 14.4 Å². The molecule has 30 heavy (non-hydrogen) atoms. The maximum absolute atomic E-state index is 12.5. The molecule has 3 N–H and O–H groups in total. The molecule has 3 rings (SSSR count). The normalized spacial score (nSPS) is 10.2. The van der Waals surface area contributed by atoms with Crippen LogP contribution in [0.3, 0.4) is 0 Å². The van der Waals surface area contributed by atoms with Gasteiger partial charge in [0.2, 0.25) is 5.91 Å². The van der Waals surface area contributed by atoms with Gasteiger partial charge in [-0.2, -0.15) is 0 Å². The van der Waals surface area contributed by atoms with Crippen molar-refractivity contribution in [3.63, 3.8) is 0 Å². The summed E-state index contributed by atoms with van der Waals surface area (Å²) in [6.07, 6.45) is 0. The third-order valence-electron chi connectivity index (χ3n) is 4.52. The highest BCUT2D eigenvalue weighted by Gasteiger charge is 2.10. The second-order valence-electron chi connectivity index (χ2n) is 6.89.